The van der Waals surface area contributed by atoms with Gasteiger partial charge in [0, 0.05) is 38.8 Å². The highest BCUT2D eigenvalue weighted by Crippen LogP contribution is 2.16. The third-order valence-electron chi connectivity index (χ3n) is 4.95. The maximum atomic E-state index is 9.28. The molecule has 1 fully saturated rings. The topological polar surface area (TPSA) is 59.9 Å². The maximum Gasteiger partial charge on any atom is 0.191 e. The fourth-order valence-electron chi connectivity index (χ4n) is 3.55. The van der Waals surface area contributed by atoms with E-state index in [1.165, 1.54) is 45.3 Å². The Kier molecular flexibility index (Phi) is 15.9. The van der Waals surface area contributed by atoms with E-state index in [9.17, 15) is 5.11 Å². The van der Waals surface area contributed by atoms with Crippen molar-refractivity contribution in [2.45, 2.75) is 72.3 Å². The quantitative estimate of drug-likeness (QED) is 0.240. The lowest BCUT2D eigenvalue weighted by atomic mass is 9.94. The van der Waals surface area contributed by atoms with Crippen molar-refractivity contribution < 1.29 is 5.11 Å². The van der Waals surface area contributed by atoms with Crippen LogP contribution in [0.3, 0.4) is 0 Å². The molecule has 1 unspecified atom stereocenters. The number of aliphatic imine (C=N–C) groups is 1. The van der Waals surface area contributed by atoms with Gasteiger partial charge in [-0.3, -0.25) is 4.99 Å². The molecule has 1 saturated heterocycles. The van der Waals surface area contributed by atoms with Gasteiger partial charge in [-0.15, -0.1) is 24.0 Å². The Hall–Kier alpha value is -0.0800. The van der Waals surface area contributed by atoms with Crippen LogP contribution in [0.2, 0.25) is 0 Å². The second-order valence-corrected chi connectivity index (χ2v) is 7.84. The number of aliphatic hydroxyl groups excluding tert-OH is 1. The van der Waals surface area contributed by atoms with Gasteiger partial charge in [-0.1, -0.05) is 27.2 Å². The van der Waals surface area contributed by atoms with Crippen LogP contribution >= 0.6 is 24.0 Å². The average Bonchev–Trinajstić information content (AvgIpc) is 2.59. The van der Waals surface area contributed by atoms with Crippen molar-refractivity contribution in [3.05, 3.63) is 0 Å². The molecule has 0 bridgehead atoms. The van der Waals surface area contributed by atoms with E-state index in [0.29, 0.717) is 17.9 Å². The number of hydrogen-bond donors (Lipinski definition) is 3. The Labute approximate surface area is 178 Å². The molecule has 0 aromatic carbocycles. The van der Waals surface area contributed by atoms with Crippen LogP contribution in [-0.4, -0.2) is 61.3 Å². The Balaban J connectivity index is 0.00000625. The Bertz CT molecular complexity index is 358. The van der Waals surface area contributed by atoms with Gasteiger partial charge in [-0.05, 0) is 57.4 Å². The maximum absolute atomic E-state index is 9.28. The molecule has 0 radical (unpaired) electrons. The van der Waals surface area contributed by atoms with Crippen LogP contribution in [0.1, 0.15) is 66.2 Å². The van der Waals surface area contributed by atoms with Crippen molar-refractivity contribution in [3.63, 3.8) is 0 Å². The summed E-state index contributed by atoms with van der Waals surface area (Å²) in [5, 5.41) is 16.3. The highest BCUT2D eigenvalue weighted by Gasteiger charge is 2.19. The van der Waals surface area contributed by atoms with Gasteiger partial charge in [0.25, 0.3) is 0 Å². The van der Waals surface area contributed by atoms with Crippen molar-refractivity contribution in [2.24, 2.45) is 16.8 Å². The molecule has 1 atom stereocenters. The molecule has 1 heterocycles. The number of guanidine groups is 1. The summed E-state index contributed by atoms with van der Waals surface area (Å²) in [6.45, 7) is 14.4. The third-order valence-corrected chi connectivity index (χ3v) is 4.95. The molecule has 1 aliphatic rings. The summed E-state index contributed by atoms with van der Waals surface area (Å²) in [6, 6.07) is 0.525. The summed E-state index contributed by atoms with van der Waals surface area (Å²) in [4.78, 5) is 7.41. The van der Waals surface area contributed by atoms with E-state index in [0.717, 1.165) is 31.9 Å². The van der Waals surface area contributed by atoms with Gasteiger partial charge in [0.1, 0.15) is 0 Å². The lowest BCUT2D eigenvalue weighted by Gasteiger charge is -2.33. The first-order valence-corrected chi connectivity index (χ1v) is 10.5. The van der Waals surface area contributed by atoms with Gasteiger partial charge in [-0.25, -0.2) is 0 Å². The second-order valence-electron chi connectivity index (χ2n) is 7.84. The van der Waals surface area contributed by atoms with E-state index in [2.05, 4.69) is 43.2 Å². The second kappa shape index (κ2) is 15.9. The fraction of sp³-hybridized carbons (Fsp3) is 0.950. The molecule has 0 amide bonds. The van der Waals surface area contributed by atoms with Crippen LogP contribution < -0.4 is 10.6 Å². The van der Waals surface area contributed by atoms with Crippen LogP contribution in [0.4, 0.5) is 0 Å². The minimum absolute atomic E-state index is 0. The minimum atomic E-state index is 0. The molecule has 3 N–H and O–H groups in total. The number of hydrogen-bond acceptors (Lipinski definition) is 3. The van der Waals surface area contributed by atoms with E-state index < -0.39 is 0 Å². The van der Waals surface area contributed by atoms with Crippen molar-refractivity contribution in [1.82, 2.24) is 15.5 Å². The van der Waals surface area contributed by atoms with Gasteiger partial charge < -0.3 is 20.6 Å². The number of rotatable bonds is 11. The average molecular weight is 482 g/mol. The first kappa shape index (κ1) is 25.9. The standard InChI is InChI=1S/C20H42N4O.HI/c1-5-7-11-24-12-8-19(9-13-24)23-20(21-6-2)22-16-18(10-14-25)15-17(3)4;/h17-19,25H,5-16H2,1-4H3,(H2,21,22,23);1H. The number of piperidine rings is 1. The molecule has 1 rings (SSSR count). The number of nitrogens with zero attached hydrogens (tertiary/aromatic N) is 2. The minimum Gasteiger partial charge on any atom is -0.396 e. The van der Waals surface area contributed by atoms with E-state index >= 15 is 0 Å². The van der Waals surface area contributed by atoms with Crippen molar-refractivity contribution in [3.8, 4) is 0 Å². The molecule has 0 aliphatic carbocycles. The van der Waals surface area contributed by atoms with Crippen molar-refractivity contribution in [1.29, 1.82) is 0 Å². The van der Waals surface area contributed by atoms with Gasteiger partial charge in [-0.2, -0.15) is 0 Å². The lowest BCUT2D eigenvalue weighted by molar-refractivity contribution is 0.203. The Morgan fingerprint density at radius 3 is 2.46 bits per heavy atom. The van der Waals surface area contributed by atoms with Gasteiger partial charge in [0.15, 0.2) is 5.96 Å². The predicted molar refractivity (Wildman–Crippen MR) is 124 cm³/mol. The molecule has 0 spiro atoms. The van der Waals surface area contributed by atoms with E-state index in [4.69, 9.17) is 4.99 Å². The molecule has 6 heteroatoms. The lowest BCUT2D eigenvalue weighted by Crippen LogP contribution is -2.49. The molecule has 1 aliphatic heterocycles. The molecule has 5 nitrogen and oxygen atoms in total. The highest BCUT2D eigenvalue weighted by molar-refractivity contribution is 14.0. The zero-order valence-electron chi connectivity index (χ0n) is 17.5. The summed E-state index contributed by atoms with van der Waals surface area (Å²) < 4.78 is 0. The zero-order chi connectivity index (χ0) is 18.5. The van der Waals surface area contributed by atoms with Gasteiger partial charge in [0.2, 0.25) is 0 Å². The molecular formula is C20H43IN4O. The monoisotopic (exact) mass is 482 g/mol. The number of likely N-dealkylation sites (tertiary alicyclic amines) is 1. The predicted octanol–water partition coefficient (Wildman–Crippen LogP) is 3.47. The van der Waals surface area contributed by atoms with E-state index in [-0.39, 0.29) is 30.6 Å². The third kappa shape index (κ3) is 11.6. The van der Waals surface area contributed by atoms with Crippen LogP contribution in [0.5, 0.6) is 0 Å². The first-order valence-electron chi connectivity index (χ1n) is 10.5. The normalized spacial score (nSPS) is 17.8. The van der Waals surface area contributed by atoms with Crippen LogP contribution in [0.25, 0.3) is 0 Å². The molecular weight excluding hydrogens is 439 g/mol. The summed E-state index contributed by atoms with van der Waals surface area (Å²) >= 11 is 0. The van der Waals surface area contributed by atoms with Crippen LogP contribution in [0, 0.1) is 11.8 Å². The number of aliphatic hydroxyl groups is 1. The smallest absolute Gasteiger partial charge is 0.191 e. The van der Waals surface area contributed by atoms with Gasteiger partial charge >= 0.3 is 0 Å². The number of halogens is 1. The van der Waals surface area contributed by atoms with Crippen molar-refractivity contribution in [2.75, 3.05) is 39.3 Å². The molecule has 0 saturated carbocycles. The van der Waals surface area contributed by atoms with E-state index in [1.807, 2.05) is 0 Å². The summed E-state index contributed by atoms with van der Waals surface area (Å²) in [5.41, 5.74) is 0. The molecule has 0 aromatic rings. The molecule has 0 aromatic heterocycles. The number of unbranched alkanes of at least 4 members (excludes halogenated alkanes) is 1. The largest absolute Gasteiger partial charge is 0.396 e. The van der Waals surface area contributed by atoms with Crippen molar-refractivity contribution >= 4 is 29.9 Å². The highest BCUT2D eigenvalue weighted by atomic mass is 127. The Morgan fingerprint density at radius 2 is 1.92 bits per heavy atom. The van der Waals surface area contributed by atoms with Gasteiger partial charge in [0.05, 0.1) is 0 Å². The first-order chi connectivity index (χ1) is 12.1. The van der Waals surface area contributed by atoms with Crippen LogP contribution in [-0.2, 0) is 0 Å². The van der Waals surface area contributed by atoms with E-state index in [1.54, 1.807) is 0 Å². The molecule has 156 valence electrons. The molecule has 26 heavy (non-hydrogen) atoms. The fourth-order valence-corrected chi connectivity index (χ4v) is 3.55. The number of nitrogens with one attached hydrogen (secondary N) is 2. The van der Waals surface area contributed by atoms with Crippen LogP contribution in [0.15, 0.2) is 4.99 Å². The Morgan fingerprint density at radius 1 is 1.23 bits per heavy atom. The summed E-state index contributed by atoms with van der Waals surface area (Å²) in [7, 11) is 0. The summed E-state index contributed by atoms with van der Waals surface area (Å²) in [5.74, 6) is 2.06. The summed E-state index contributed by atoms with van der Waals surface area (Å²) in [6.07, 6.45) is 6.95. The SMILES string of the molecule is CCCCN1CCC(NC(=NCC(CCO)CC(C)C)NCC)CC1.I. The zero-order valence-corrected chi connectivity index (χ0v) is 19.8.